The Bertz CT molecular complexity index is 769. The molecule has 0 radical (unpaired) electrons. The number of amides is 2. The number of halogens is 1. The molecular formula is C17H18ClN3O4. The molecule has 1 saturated heterocycles. The summed E-state index contributed by atoms with van der Waals surface area (Å²) in [4.78, 5) is 25.4. The van der Waals surface area contributed by atoms with Crippen molar-refractivity contribution >= 4 is 23.6 Å². The average molecular weight is 364 g/mol. The van der Waals surface area contributed by atoms with Gasteiger partial charge in [0, 0.05) is 35.8 Å². The van der Waals surface area contributed by atoms with Crippen molar-refractivity contribution in [2.45, 2.75) is 18.9 Å². The van der Waals surface area contributed by atoms with Crippen molar-refractivity contribution < 1.29 is 18.8 Å². The minimum Gasteiger partial charge on any atom is -0.453 e. The van der Waals surface area contributed by atoms with Gasteiger partial charge in [-0.15, -0.1) is 0 Å². The van der Waals surface area contributed by atoms with Gasteiger partial charge in [0.2, 0.25) is 0 Å². The van der Waals surface area contributed by atoms with E-state index < -0.39 is 0 Å². The third-order valence-corrected chi connectivity index (χ3v) is 4.35. The molecule has 7 nitrogen and oxygen atoms in total. The zero-order valence-electron chi connectivity index (χ0n) is 13.7. The van der Waals surface area contributed by atoms with Crippen molar-refractivity contribution in [3.63, 3.8) is 0 Å². The van der Waals surface area contributed by atoms with Crippen LogP contribution in [0, 0.1) is 0 Å². The van der Waals surface area contributed by atoms with Gasteiger partial charge in [0.25, 0.3) is 5.91 Å². The summed E-state index contributed by atoms with van der Waals surface area (Å²) in [6, 6.07) is 8.71. The molecule has 1 N–H and O–H groups in total. The van der Waals surface area contributed by atoms with Crippen LogP contribution in [0.2, 0.25) is 5.02 Å². The molecule has 1 fully saturated rings. The van der Waals surface area contributed by atoms with E-state index in [0.717, 1.165) is 5.56 Å². The van der Waals surface area contributed by atoms with E-state index in [4.69, 9.17) is 20.9 Å². The molecule has 2 aromatic rings. The summed E-state index contributed by atoms with van der Waals surface area (Å²) in [5.41, 5.74) is 0.968. The quantitative estimate of drug-likeness (QED) is 0.906. The molecule has 0 unspecified atom stereocenters. The van der Waals surface area contributed by atoms with Crippen LogP contribution in [0.1, 0.15) is 23.3 Å². The number of piperidine rings is 1. The summed E-state index contributed by atoms with van der Waals surface area (Å²) in [6.45, 7) is 1.09. The lowest BCUT2D eigenvalue weighted by molar-refractivity contribution is 0.0884. The van der Waals surface area contributed by atoms with Crippen molar-refractivity contribution in [2.75, 3.05) is 20.2 Å². The smallest absolute Gasteiger partial charge is 0.409 e. The molecule has 0 spiro atoms. The lowest BCUT2D eigenvalue weighted by Gasteiger charge is -2.31. The van der Waals surface area contributed by atoms with Crippen LogP contribution in [0.5, 0.6) is 0 Å². The molecular weight excluding hydrogens is 346 g/mol. The maximum Gasteiger partial charge on any atom is 0.409 e. The highest BCUT2D eigenvalue weighted by Gasteiger charge is 2.25. The molecule has 2 amide bonds. The van der Waals surface area contributed by atoms with Crippen LogP contribution in [-0.4, -0.2) is 48.3 Å². The second-order valence-electron chi connectivity index (χ2n) is 5.79. The van der Waals surface area contributed by atoms with Crippen molar-refractivity contribution in [3.05, 3.63) is 41.0 Å². The Kier molecular flexibility index (Phi) is 5.23. The molecule has 3 rings (SSSR count). The van der Waals surface area contributed by atoms with Gasteiger partial charge in [-0.2, -0.15) is 0 Å². The number of ether oxygens (including phenoxy) is 1. The molecule has 25 heavy (non-hydrogen) atoms. The Hall–Kier alpha value is -2.54. The van der Waals surface area contributed by atoms with Gasteiger partial charge in [-0.3, -0.25) is 4.79 Å². The summed E-state index contributed by atoms with van der Waals surface area (Å²) < 4.78 is 9.94. The van der Waals surface area contributed by atoms with Crippen molar-refractivity contribution in [1.82, 2.24) is 15.4 Å². The molecule has 0 atom stereocenters. The fourth-order valence-electron chi connectivity index (χ4n) is 2.75. The number of carbonyl (C=O) groups is 2. The van der Waals surface area contributed by atoms with E-state index in [1.165, 1.54) is 7.11 Å². The fraction of sp³-hybridized carbons (Fsp3) is 0.353. The first-order valence-corrected chi connectivity index (χ1v) is 8.31. The van der Waals surface area contributed by atoms with E-state index in [1.807, 2.05) is 6.07 Å². The van der Waals surface area contributed by atoms with Crippen LogP contribution in [-0.2, 0) is 4.74 Å². The third-order valence-electron chi connectivity index (χ3n) is 4.11. The first-order valence-electron chi connectivity index (χ1n) is 7.93. The summed E-state index contributed by atoms with van der Waals surface area (Å²) in [5, 5.41) is 7.33. The molecule has 1 aromatic heterocycles. The monoisotopic (exact) mass is 363 g/mol. The van der Waals surface area contributed by atoms with Crippen molar-refractivity contribution in [1.29, 1.82) is 0 Å². The molecule has 1 aliphatic heterocycles. The Morgan fingerprint density at radius 1 is 1.32 bits per heavy atom. The SMILES string of the molecule is COC(=O)N1CCC(NC(=O)c2cc(-c3cccc(Cl)c3)on2)CC1. The Labute approximate surface area is 149 Å². The third kappa shape index (κ3) is 4.11. The molecule has 0 bridgehead atoms. The van der Waals surface area contributed by atoms with Gasteiger partial charge in [-0.25, -0.2) is 4.79 Å². The average Bonchev–Trinajstić information content (AvgIpc) is 3.12. The van der Waals surface area contributed by atoms with Gasteiger partial charge in [0.15, 0.2) is 11.5 Å². The predicted octanol–water partition coefficient (Wildman–Crippen LogP) is 2.96. The predicted molar refractivity (Wildman–Crippen MR) is 91.4 cm³/mol. The molecule has 0 aliphatic carbocycles. The van der Waals surface area contributed by atoms with Crippen LogP contribution in [0.4, 0.5) is 4.79 Å². The first-order chi connectivity index (χ1) is 12.1. The van der Waals surface area contributed by atoms with Gasteiger partial charge in [-0.1, -0.05) is 28.9 Å². The second-order valence-corrected chi connectivity index (χ2v) is 6.23. The van der Waals surface area contributed by atoms with E-state index in [0.29, 0.717) is 36.7 Å². The fourth-order valence-corrected chi connectivity index (χ4v) is 2.95. The topological polar surface area (TPSA) is 84.7 Å². The Balaban J connectivity index is 1.59. The highest BCUT2D eigenvalue weighted by atomic mass is 35.5. The van der Waals surface area contributed by atoms with Crippen molar-refractivity contribution in [3.8, 4) is 11.3 Å². The zero-order valence-corrected chi connectivity index (χ0v) is 14.5. The van der Waals surface area contributed by atoms with E-state index in [1.54, 1.807) is 29.2 Å². The summed E-state index contributed by atoms with van der Waals surface area (Å²) in [6.07, 6.45) is 0.993. The number of aromatic nitrogens is 1. The van der Waals surface area contributed by atoms with E-state index >= 15 is 0 Å². The molecule has 0 saturated carbocycles. The summed E-state index contributed by atoms with van der Waals surface area (Å²) in [5.74, 6) is 0.182. The van der Waals surface area contributed by atoms with Crippen LogP contribution in [0.3, 0.4) is 0 Å². The number of likely N-dealkylation sites (tertiary alicyclic amines) is 1. The summed E-state index contributed by atoms with van der Waals surface area (Å²) in [7, 11) is 1.36. The largest absolute Gasteiger partial charge is 0.453 e. The highest BCUT2D eigenvalue weighted by molar-refractivity contribution is 6.30. The molecule has 8 heteroatoms. The van der Waals surface area contributed by atoms with E-state index in [2.05, 4.69) is 10.5 Å². The number of benzene rings is 1. The number of hydrogen-bond donors (Lipinski definition) is 1. The maximum atomic E-state index is 12.3. The number of carbonyl (C=O) groups excluding carboxylic acids is 2. The molecule has 1 aliphatic rings. The number of nitrogens with zero attached hydrogens (tertiary/aromatic N) is 2. The van der Waals surface area contributed by atoms with Crippen LogP contribution >= 0.6 is 11.6 Å². The van der Waals surface area contributed by atoms with Gasteiger partial charge < -0.3 is 19.5 Å². The van der Waals surface area contributed by atoms with E-state index in [-0.39, 0.29) is 23.7 Å². The van der Waals surface area contributed by atoms with E-state index in [9.17, 15) is 9.59 Å². The van der Waals surface area contributed by atoms with Crippen molar-refractivity contribution in [2.24, 2.45) is 0 Å². The number of methoxy groups -OCH3 is 1. The minimum absolute atomic E-state index is 0.0141. The number of rotatable bonds is 3. The zero-order chi connectivity index (χ0) is 17.8. The number of hydrogen-bond acceptors (Lipinski definition) is 5. The molecule has 132 valence electrons. The van der Waals surface area contributed by atoms with Gasteiger partial charge in [0.05, 0.1) is 7.11 Å². The van der Waals surface area contributed by atoms with Gasteiger partial charge >= 0.3 is 6.09 Å². The van der Waals surface area contributed by atoms with Gasteiger partial charge in [-0.05, 0) is 25.0 Å². The lowest BCUT2D eigenvalue weighted by atomic mass is 10.1. The normalized spacial score (nSPS) is 15.0. The van der Waals surface area contributed by atoms with Crippen LogP contribution in [0.25, 0.3) is 11.3 Å². The van der Waals surface area contributed by atoms with Gasteiger partial charge in [0.1, 0.15) is 0 Å². The molecule has 2 heterocycles. The Morgan fingerprint density at radius 3 is 2.76 bits per heavy atom. The first kappa shape index (κ1) is 17.3. The summed E-state index contributed by atoms with van der Waals surface area (Å²) >= 11 is 5.96. The lowest BCUT2D eigenvalue weighted by Crippen LogP contribution is -2.46. The Morgan fingerprint density at radius 2 is 2.08 bits per heavy atom. The molecule has 1 aromatic carbocycles. The van der Waals surface area contributed by atoms with Crippen LogP contribution < -0.4 is 5.32 Å². The maximum absolute atomic E-state index is 12.3. The van der Waals surface area contributed by atoms with Crippen LogP contribution in [0.15, 0.2) is 34.9 Å². The standard InChI is InChI=1S/C17H18ClN3O4/c1-24-17(23)21-7-5-13(6-8-21)19-16(22)14-10-15(25-20-14)11-3-2-4-12(18)9-11/h2-4,9-10,13H,5-8H2,1H3,(H,19,22). The highest BCUT2D eigenvalue weighted by Crippen LogP contribution is 2.23. The second kappa shape index (κ2) is 7.57. The minimum atomic E-state index is -0.340. The number of nitrogens with one attached hydrogen (secondary N) is 1.